The van der Waals surface area contributed by atoms with E-state index < -0.39 is 0 Å². The van der Waals surface area contributed by atoms with Crippen molar-refractivity contribution in [1.82, 2.24) is 10.4 Å². The highest BCUT2D eigenvalue weighted by molar-refractivity contribution is 7.09. The zero-order valence-electron chi connectivity index (χ0n) is 8.56. The number of halogens is 1. The molecule has 16 heavy (non-hydrogen) atoms. The van der Waals surface area contributed by atoms with Crippen LogP contribution in [0.4, 0.5) is 0 Å². The van der Waals surface area contributed by atoms with Gasteiger partial charge in [0.05, 0.1) is 6.04 Å². The molecule has 0 aromatic carbocycles. The molecular weight excluding hydrogens is 242 g/mol. The molecule has 0 aliphatic rings. The molecule has 0 amide bonds. The third-order valence-corrected chi connectivity index (χ3v) is 3.45. The lowest BCUT2D eigenvalue weighted by molar-refractivity contribution is 0.555. The van der Waals surface area contributed by atoms with E-state index in [-0.39, 0.29) is 6.04 Å². The molecule has 0 spiro atoms. The SMILES string of the molecule is NNC(Cc1cccs1)c1ccnc(Cl)c1. The second kappa shape index (κ2) is 5.41. The first-order valence-corrected chi connectivity index (χ1v) is 6.15. The van der Waals surface area contributed by atoms with Crippen molar-refractivity contribution in [2.45, 2.75) is 12.5 Å². The Hall–Kier alpha value is -0.940. The van der Waals surface area contributed by atoms with Crippen LogP contribution < -0.4 is 11.3 Å². The third kappa shape index (κ3) is 2.80. The maximum atomic E-state index is 5.85. The van der Waals surface area contributed by atoms with Crippen LogP contribution in [0, 0.1) is 0 Å². The summed E-state index contributed by atoms with van der Waals surface area (Å²) in [6, 6.07) is 7.95. The summed E-state index contributed by atoms with van der Waals surface area (Å²) in [4.78, 5) is 5.24. The molecule has 3 N–H and O–H groups in total. The second-order valence-electron chi connectivity index (χ2n) is 3.41. The summed E-state index contributed by atoms with van der Waals surface area (Å²) in [5.74, 6) is 5.56. The molecule has 0 saturated heterocycles. The van der Waals surface area contributed by atoms with E-state index in [0.717, 1.165) is 12.0 Å². The van der Waals surface area contributed by atoms with Gasteiger partial charge in [-0.15, -0.1) is 11.3 Å². The summed E-state index contributed by atoms with van der Waals surface area (Å²) in [5.41, 5.74) is 3.86. The molecule has 0 aliphatic heterocycles. The Morgan fingerprint density at radius 1 is 1.50 bits per heavy atom. The van der Waals surface area contributed by atoms with Crippen LogP contribution >= 0.6 is 22.9 Å². The molecule has 0 bridgehead atoms. The van der Waals surface area contributed by atoms with Crippen LogP contribution in [-0.4, -0.2) is 4.98 Å². The molecule has 0 saturated carbocycles. The van der Waals surface area contributed by atoms with Gasteiger partial charge in [0.1, 0.15) is 5.15 Å². The summed E-state index contributed by atoms with van der Waals surface area (Å²) in [6.45, 7) is 0. The molecule has 3 nitrogen and oxygen atoms in total. The number of rotatable bonds is 4. The van der Waals surface area contributed by atoms with Crippen LogP contribution in [0.15, 0.2) is 35.8 Å². The van der Waals surface area contributed by atoms with E-state index in [1.807, 2.05) is 18.2 Å². The first-order valence-electron chi connectivity index (χ1n) is 4.89. The van der Waals surface area contributed by atoms with E-state index >= 15 is 0 Å². The predicted octanol–water partition coefficient (Wildman–Crippen LogP) is 2.54. The molecule has 84 valence electrons. The van der Waals surface area contributed by atoms with E-state index in [4.69, 9.17) is 17.4 Å². The summed E-state index contributed by atoms with van der Waals surface area (Å²) in [7, 11) is 0. The lowest BCUT2D eigenvalue weighted by Gasteiger charge is -2.15. The van der Waals surface area contributed by atoms with Crippen molar-refractivity contribution in [3.8, 4) is 0 Å². The highest BCUT2D eigenvalue weighted by Crippen LogP contribution is 2.21. The normalized spacial score (nSPS) is 12.6. The smallest absolute Gasteiger partial charge is 0.129 e. The number of nitrogens with zero attached hydrogens (tertiary/aromatic N) is 1. The molecule has 2 aromatic heterocycles. The number of hydrazine groups is 1. The van der Waals surface area contributed by atoms with Crippen molar-refractivity contribution in [2.75, 3.05) is 0 Å². The molecular formula is C11H12ClN3S. The molecule has 1 atom stereocenters. The Bertz CT molecular complexity index is 444. The number of nitrogens with one attached hydrogen (secondary N) is 1. The number of aromatic nitrogens is 1. The average Bonchev–Trinajstić information content (AvgIpc) is 2.78. The molecule has 0 aliphatic carbocycles. The van der Waals surface area contributed by atoms with Gasteiger partial charge < -0.3 is 0 Å². The fourth-order valence-corrected chi connectivity index (χ4v) is 2.47. The fourth-order valence-electron chi connectivity index (χ4n) is 1.54. The first kappa shape index (κ1) is 11.5. The Morgan fingerprint density at radius 2 is 2.38 bits per heavy atom. The van der Waals surface area contributed by atoms with Gasteiger partial charge in [-0.3, -0.25) is 11.3 Å². The second-order valence-corrected chi connectivity index (χ2v) is 4.83. The number of hydrogen-bond acceptors (Lipinski definition) is 4. The van der Waals surface area contributed by atoms with Crippen LogP contribution in [-0.2, 0) is 6.42 Å². The minimum atomic E-state index is 0.0687. The zero-order valence-corrected chi connectivity index (χ0v) is 10.1. The monoisotopic (exact) mass is 253 g/mol. The van der Waals surface area contributed by atoms with Crippen molar-refractivity contribution in [1.29, 1.82) is 0 Å². The van der Waals surface area contributed by atoms with Gasteiger partial charge in [-0.25, -0.2) is 4.98 Å². The van der Waals surface area contributed by atoms with Crippen molar-refractivity contribution in [3.63, 3.8) is 0 Å². The van der Waals surface area contributed by atoms with E-state index in [1.165, 1.54) is 4.88 Å². The summed E-state index contributed by atoms with van der Waals surface area (Å²) >= 11 is 7.57. The molecule has 1 unspecified atom stereocenters. The van der Waals surface area contributed by atoms with Gasteiger partial charge in [0.2, 0.25) is 0 Å². The minimum absolute atomic E-state index is 0.0687. The van der Waals surface area contributed by atoms with Gasteiger partial charge in [-0.05, 0) is 29.1 Å². The summed E-state index contributed by atoms with van der Waals surface area (Å²) in [6.07, 6.45) is 2.55. The molecule has 2 aromatic rings. The minimum Gasteiger partial charge on any atom is -0.271 e. The Labute approximate surface area is 103 Å². The average molecular weight is 254 g/mol. The van der Waals surface area contributed by atoms with E-state index in [1.54, 1.807) is 17.5 Å². The van der Waals surface area contributed by atoms with Gasteiger partial charge in [0.15, 0.2) is 0 Å². The molecule has 0 fully saturated rings. The quantitative estimate of drug-likeness (QED) is 0.500. The third-order valence-electron chi connectivity index (χ3n) is 2.34. The molecule has 2 rings (SSSR count). The maximum absolute atomic E-state index is 5.85. The van der Waals surface area contributed by atoms with Gasteiger partial charge in [-0.1, -0.05) is 17.7 Å². The first-order chi connectivity index (χ1) is 7.79. The molecule has 2 heterocycles. The van der Waals surface area contributed by atoms with Crippen LogP contribution in [0.2, 0.25) is 5.15 Å². The highest BCUT2D eigenvalue weighted by Gasteiger charge is 2.11. The number of hydrogen-bond donors (Lipinski definition) is 2. The fraction of sp³-hybridized carbons (Fsp3) is 0.182. The van der Waals surface area contributed by atoms with Gasteiger partial charge in [-0.2, -0.15) is 0 Å². The highest BCUT2D eigenvalue weighted by atomic mass is 35.5. The van der Waals surface area contributed by atoms with Gasteiger partial charge in [0, 0.05) is 17.5 Å². The standard InChI is InChI=1S/C11H12ClN3S/c12-11-6-8(3-4-14-11)10(15-13)7-9-2-1-5-16-9/h1-6,10,15H,7,13H2. The van der Waals surface area contributed by atoms with Gasteiger partial charge in [0.25, 0.3) is 0 Å². The maximum Gasteiger partial charge on any atom is 0.129 e. The van der Waals surface area contributed by atoms with E-state index in [2.05, 4.69) is 21.9 Å². The Kier molecular flexibility index (Phi) is 3.90. The Balaban J connectivity index is 2.16. The van der Waals surface area contributed by atoms with Gasteiger partial charge >= 0.3 is 0 Å². The van der Waals surface area contributed by atoms with E-state index in [0.29, 0.717) is 5.15 Å². The Morgan fingerprint density at radius 3 is 3.00 bits per heavy atom. The van der Waals surface area contributed by atoms with Crippen LogP contribution in [0.1, 0.15) is 16.5 Å². The number of thiophene rings is 1. The largest absolute Gasteiger partial charge is 0.271 e. The number of nitrogens with two attached hydrogens (primary N) is 1. The lowest BCUT2D eigenvalue weighted by Crippen LogP contribution is -2.29. The lowest BCUT2D eigenvalue weighted by atomic mass is 10.1. The van der Waals surface area contributed by atoms with E-state index in [9.17, 15) is 0 Å². The van der Waals surface area contributed by atoms with Crippen molar-refractivity contribution < 1.29 is 0 Å². The van der Waals surface area contributed by atoms with Crippen LogP contribution in [0.25, 0.3) is 0 Å². The molecule has 5 heteroatoms. The van der Waals surface area contributed by atoms with Crippen LogP contribution in [0.5, 0.6) is 0 Å². The molecule has 0 radical (unpaired) electrons. The predicted molar refractivity (Wildman–Crippen MR) is 67.3 cm³/mol. The number of pyridine rings is 1. The summed E-state index contributed by atoms with van der Waals surface area (Å²) in [5, 5.41) is 2.55. The van der Waals surface area contributed by atoms with Crippen molar-refractivity contribution in [2.24, 2.45) is 5.84 Å². The van der Waals surface area contributed by atoms with Crippen LogP contribution in [0.3, 0.4) is 0 Å². The van der Waals surface area contributed by atoms with Crippen molar-refractivity contribution >= 4 is 22.9 Å². The zero-order chi connectivity index (χ0) is 11.4. The summed E-state index contributed by atoms with van der Waals surface area (Å²) < 4.78 is 0. The topological polar surface area (TPSA) is 50.9 Å². The van der Waals surface area contributed by atoms with Crippen molar-refractivity contribution in [3.05, 3.63) is 51.4 Å².